The van der Waals surface area contributed by atoms with Crippen LogP contribution in [-0.4, -0.2) is 11.9 Å². The first kappa shape index (κ1) is 13.7. The van der Waals surface area contributed by atoms with Crippen molar-refractivity contribution in [2.45, 2.75) is 6.92 Å². The minimum atomic E-state index is -0.874. The summed E-state index contributed by atoms with van der Waals surface area (Å²) in [5, 5.41) is 3.02. The van der Waals surface area contributed by atoms with Crippen LogP contribution in [-0.2, 0) is 0 Å². The van der Waals surface area contributed by atoms with Crippen LogP contribution in [0, 0.1) is 0 Å². The van der Waals surface area contributed by atoms with Crippen LogP contribution in [0.25, 0.3) is 0 Å². The SMILES string of the molecule is C/C(F)=C(F)\C=C/N(C)/C=C1\NC=CC=C1Br. The number of nitrogens with one attached hydrogen (secondary N) is 1. The van der Waals surface area contributed by atoms with Crippen LogP contribution in [0.2, 0.25) is 0 Å². The van der Waals surface area contributed by atoms with E-state index in [-0.39, 0.29) is 0 Å². The van der Waals surface area contributed by atoms with Crippen LogP contribution >= 0.6 is 15.9 Å². The Balaban J connectivity index is 2.70. The van der Waals surface area contributed by atoms with Gasteiger partial charge in [-0.05, 0) is 41.1 Å². The maximum Gasteiger partial charge on any atom is 0.155 e. The van der Waals surface area contributed by atoms with Crippen molar-refractivity contribution >= 4 is 15.9 Å². The summed E-state index contributed by atoms with van der Waals surface area (Å²) < 4.78 is 26.2. The van der Waals surface area contributed by atoms with E-state index in [1.165, 1.54) is 6.20 Å². The maximum atomic E-state index is 12.9. The van der Waals surface area contributed by atoms with Gasteiger partial charge < -0.3 is 10.2 Å². The third-order valence-corrected chi connectivity index (χ3v) is 2.64. The van der Waals surface area contributed by atoms with E-state index in [0.29, 0.717) is 0 Å². The minimum absolute atomic E-state index is 0.831. The topological polar surface area (TPSA) is 15.3 Å². The molecule has 17 heavy (non-hydrogen) atoms. The summed E-state index contributed by atoms with van der Waals surface area (Å²) in [5.41, 5.74) is 0.834. The lowest BCUT2D eigenvalue weighted by Gasteiger charge is -2.14. The van der Waals surface area contributed by atoms with Gasteiger partial charge >= 0.3 is 0 Å². The Labute approximate surface area is 108 Å². The highest BCUT2D eigenvalue weighted by Crippen LogP contribution is 2.18. The second-order valence-corrected chi connectivity index (χ2v) is 4.28. The molecule has 1 heterocycles. The monoisotopic (exact) mass is 302 g/mol. The summed E-state index contributed by atoms with van der Waals surface area (Å²) in [4.78, 5) is 1.62. The zero-order valence-corrected chi connectivity index (χ0v) is 11.1. The molecule has 1 N–H and O–H groups in total. The smallest absolute Gasteiger partial charge is 0.155 e. The highest BCUT2D eigenvalue weighted by molar-refractivity contribution is 9.12. The molecule has 0 spiro atoms. The zero-order chi connectivity index (χ0) is 12.8. The molecule has 1 rings (SSSR count). The molecule has 92 valence electrons. The van der Waals surface area contributed by atoms with E-state index in [0.717, 1.165) is 23.2 Å². The van der Waals surface area contributed by atoms with Crippen LogP contribution in [0.4, 0.5) is 8.78 Å². The molecule has 0 aliphatic carbocycles. The summed E-state index contributed by atoms with van der Waals surface area (Å²) in [6, 6.07) is 0. The van der Waals surface area contributed by atoms with Crippen molar-refractivity contribution in [1.82, 2.24) is 10.2 Å². The Morgan fingerprint density at radius 1 is 1.47 bits per heavy atom. The summed E-state index contributed by atoms with van der Waals surface area (Å²) in [6.45, 7) is 1.07. The number of rotatable bonds is 3. The Morgan fingerprint density at radius 2 is 2.18 bits per heavy atom. The van der Waals surface area contributed by atoms with E-state index in [2.05, 4.69) is 21.2 Å². The molecular weight excluding hydrogens is 290 g/mol. The molecule has 5 heteroatoms. The molecule has 0 aromatic heterocycles. The first-order valence-electron chi connectivity index (χ1n) is 4.94. The van der Waals surface area contributed by atoms with Crippen molar-refractivity contribution in [3.63, 3.8) is 0 Å². The molecule has 0 saturated carbocycles. The molecule has 1 aliphatic rings. The predicted molar refractivity (Wildman–Crippen MR) is 69.2 cm³/mol. The second kappa shape index (κ2) is 6.39. The van der Waals surface area contributed by atoms with Gasteiger partial charge in [-0.2, -0.15) is 0 Å². The fourth-order valence-corrected chi connectivity index (χ4v) is 1.44. The van der Waals surface area contributed by atoms with Crippen molar-refractivity contribution in [3.8, 4) is 0 Å². The predicted octanol–water partition coefficient (Wildman–Crippen LogP) is 3.84. The number of halogens is 3. The first-order valence-corrected chi connectivity index (χ1v) is 5.73. The molecule has 0 saturated heterocycles. The number of hydrogen-bond acceptors (Lipinski definition) is 2. The normalized spacial score (nSPS) is 19.1. The highest BCUT2D eigenvalue weighted by Gasteiger charge is 2.03. The van der Waals surface area contributed by atoms with Crippen molar-refractivity contribution in [1.29, 1.82) is 0 Å². The average Bonchev–Trinajstić information content (AvgIpc) is 2.29. The molecule has 0 fully saturated rings. The number of hydrogen-bond donors (Lipinski definition) is 1. The fourth-order valence-electron chi connectivity index (χ4n) is 1.07. The van der Waals surface area contributed by atoms with Crippen molar-refractivity contribution in [3.05, 3.63) is 58.7 Å². The lowest BCUT2D eigenvalue weighted by molar-refractivity contribution is 0.549. The summed E-state index contributed by atoms with van der Waals surface area (Å²) >= 11 is 3.37. The summed E-state index contributed by atoms with van der Waals surface area (Å²) in [7, 11) is 1.73. The van der Waals surface area contributed by atoms with E-state index in [9.17, 15) is 8.78 Å². The van der Waals surface area contributed by atoms with Gasteiger partial charge in [0.1, 0.15) is 5.83 Å². The molecule has 0 atom stereocenters. The Bertz CT molecular complexity index is 430. The molecule has 2 nitrogen and oxygen atoms in total. The van der Waals surface area contributed by atoms with E-state index < -0.39 is 11.7 Å². The van der Waals surface area contributed by atoms with Gasteiger partial charge in [-0.3, -0.25) is 0 Å². The minimum Gasteiger partial charge on any atom is -0.360 e. The molecule has 1 aliphatic heterocycles. The number of nitrogens with zero attached hydrogens (tertiary/aromatic N) is 1. The average molecular weight is 303 g/mol. The maximum absolute atomic E-state index is 12.9. The molecule has 0 radical (unpaired) electrons. The third-order valence-electron chi connectivity index (χ3n) is 1.95. The van der Waals surface area contributed by atoms with E-state index in [1.807, 2.05) is 12.2 Å². The third kappa shape index (κ3) is 4.56. The zero-order valence-electron chi connectivity index (χ0n) is 9.55. The highest BCUT2D eigenvalue weighted by atomic mass is 79.9. The van der Waals surface area contributed by atoms with Crippen LogP contribution in [0.15, 0.2) is 58.7 Å². The lowest BCUT2D eigenvalue weighted by atomic mass is 10.3. The summed E-state index contributed by atoms with van der Waals surface area (Å²) in [5.74, 6) is -1.71. The van der Waals surface area contributed by atoms with Gasteiger partial charge in [0.05, 0.1) is 5.70 Å². The van der Waals surface area contributed by atoms with Gasteiger partial charge in [0, 0.05) is 30.1 Å². The van der Waals surface area contributed by atoms with Crippen molar-refractivity contribution < 1.29 is 8.78 Å². The Morgan fingerprint density at radius 3 is 2.76 bits per heavy atom. The van der Waals surface area contributed by atoms with Crippen molar-refractivity contribution in [2.75, 3.05) is 7.05 Å². The van der Waals surface area contributed by atoms with E-state index in [1.54, 1.807) is 24.3 Å². The van der Waals surface area contributed by atoms with Gasteiger partial charge in [0.15, 0.2) is 5.83 Å². The second-order valence-electron chi connectivity index (χ2n) is 3.42. The Hall–Kier alpha value is -1.36. The van der Waals surface area contributed by atoms with E-state index in [4.69, 9.17) is 0 Å². The van der Waals surface area contributed by atoms with Gasteiger partial charge in [-0.1, -0.05) is 0 Å². The molecule has 0 unspecified atom stereocenters. The molecule has 0 amide bonds. The summed E-state index contributed by atoms with van der Waals surface area (Å²) in [6.07, 6.45) is 9.77. The fraction of sp³-hybridized carbons (Fsp3) is 0.167. The number of allylic oxidation sites excluding steroid dienone is 6. The Kier molecular flexibility index (Phi) is 5.15. The first-order chi connectivity index (χ1) is 8.00. The van der Waals surface area contributed by atoms with Crippen LogP contribution < -0.4 is 5.32 Å². The standard InChI is InChI=1S/C12H13BrF2N2/c1-9(14)11(15)5-7-17(2)8-12-10(13)4-3-6-16-12/h3-8,16H,1-2H3/b7-5-,11-9-,12-8-. The van der Waals surface area contributed by atoms with Crippen molar-refractivity contribution in [2.24, 2.45) is 0 Å². The van der Waals surface area contributed by atoms with Gasteiger partial charge in [-0.15, -0.1) is 0 Å². The van der Waals surface area contributed by atoms with E-state index >= 15 is 0 Å². The molecule has 0 aromatic rings. The quantitative estimate of drug-likeness (QED) is 0.797. The van der Waals surface area contributed by atoms with Gasteiger partial charge in [0.25, 0.3) is 0 Å². The lowest BCUT2D eigenvalue weighted by Crippen LogP contribution is -2.12. The molecule has 0 aromatic carbocycles. The largest absolute Gasteiger partial charge is 0.360 e. The van der Waals surface area contributed by atoms with Gasteiger partial charge in [-0.25, -0.2) is 8.78 Å². The number of dihydropyridines is 1. The molecule has 0 bridgehead atoms. The van der Waals surface area contributed by atoms with Crippen LogP contribution in [0.3, 0.4) is 0 Å². The molecular formula is C12H13BrF2N2. The van der Waals surface area contributed by atoms with Gasteiger partial charge in [0.2, 0.25) is 0 Å². The van der Waals surface area contributed by atoms with Crippen LogP contribution in [0.5, 0.6) is 0 Å². The van der Waals surface area contributed by atoms with Crippen LogP contribution in [0.1, 0.15) is 6.92 Å².